The van der Waals surface area contributed by atoms with E-state index in [-0.39, 0.29) is 10.9 Å². The molecule has 0 N–H and O–H groups in total. The summed E-state index contributed by atoms with van der Waals surface area (Å²) in [6.45, 7) is 0. The number of alkyl halides is 1. The molecule has 0 aliphatic rings. The zero-order chi connectivity index (χ0) is 10.8. The standard InChI is InChI=1S/C10H6Cl2FNO/c11-4-6-5-14-15-10(6)8-2-1-7(13)3-9(8)12/h1-3,5H,4H2. The van der Waals surface area contributed by atoms with Gasteiger partial charge in [0.1, 0.15) is 5.82 Å². The molecule has 1 aromatic heterocycles. The molecule has 0 radical (unpaired) electrons. The normalized spacial score (nSPS) is 10.6. The monoisotopic (exact) mass is 245 g/mol. The van der Waals surface area contributed by atoms with Crippen LogP contribution in [0, 0.1) is 5.82 Å². The Morgan fingerprint density at radius 1 is 1.40 bits per heavy atom. The van der Waals surface area contributed by atoms with Crippen LogP contribution in [0.5, 0.6) is 0 Å². The van der Waals surface area contributed by atoms with Crippen molar-refractivity contribution in [1.29, 1.82) is 0 Å². The van der Waals surface area contributed by atoms with Crippen molar-refractivity contribution in [1.82, 2.24) is 5.16 Å². The molecule has 1 heterocycles. The molecular formula is C10H6Cl2FNO. The van der Waals surface area contributed by atoms with Gasteiger partial charge in [-0.15, -0.1) is 11.6 Å². The van der Waals surface area contributed by atoms with Gasteiger partial charge in [-0.25, -0.2) is 4.39 Å². The summed E-state index contributed by atoms with van der Waals surface area (Å²) in [4.78, 5) is 0. The van der Waals surface area contributed by atoms with Crippen LogP contribution in [0.25, 0.3) is 11.3 Å². The zero-order valence-corrected chi connectivity index (χ0v) is 9.02. The van der Waals surface area contributed by atoms with Crippen LogP contribution in [-0.2, 0) is 5.88 Å². The summed E-state index contributed by atoms with van der Waals surface area (Å²) in [6.07, 6.45) is 1.52. The third-order valence-corrected chi connectivity index (χ3v) is 2.56. The van der Waals surface area contributed by atoms with Gasteiger partial charge in [0.2, 0.25) is 0 Å². The fourth-order valence-corrected chi connectivity index (χ4v) is 1.69. The van der Waals surface area contributed by atoms with E-state index < -0.39 is 5.82 Å². The van der Waals surface area contributed by atoms with E-state index in [4.69, 9.17) is 27.7 Å². The minimum absolute atomic E-state index is 0.270. The Bertz CT molecular complexity index is 484. The van der Waals surface area contributed by atoms with E-state index in [2.05, 4.69) is 5.16 Å². The van der Waals surface area contributed by atoms with E-state index in [1.165, 1.54) is 24.4 Å². The summed E-state index contributed by atoms with van der Waals surface area (Å²) in [5.74, 6) is 0.359. The maximum atomic E-state index is 12.8. The van der Waals surface area contributed by atoms with Crippen LogP contribution in [0.3, 0.4) is 0 Å². The Morgan fingerprint density at radius 3 is 2.87 bits per heavy atom. The number of hydrogen-bond acceptors (Lipinski definition) is 2. The van der Waals surface area contributed by atoms with Crippen molar-refractivity contribution in [3.05, 3.63) is 40.8 Å². The van der Waals surface area contributed by atoms with E-state index in [0.717, 1.165) is 5.56 Å². The predicted molar refractivity (Wildman–Crippen MR) is 56.5 cm³/mol. The Kier molecular flexibility index (Phi) is 2.93. The molecule has 0 aliphatic heterocycles. The first-order chi connectivity index (χ1) is 7.22. The highest BCUT2D eigenvalue weighted by atomic mass is 35.5. The molecule has 15 heavy (non-hydrogen) atoms. The Labute approximate surface area is 95.6 Å². The number of hydrogen-bond donors (Lipinski definition) is 0. The number of aromatic nitrogens is 1. The molecule has 0 fully saturated rings. The third-order valence-electron chi connectivity index (χ3n) is 1.96. The van der Waals surface area contributed by atoms with Crippen LogP contribution in [-0.4, -0.2) is 5.16 Å². The highest BCUT2D eigenvalue weighted by Gasteiger charge is 2.13. The smallest absolute Gasteiger partial charge is 0.172 e. The van der Waals surface area contributed by atoms with Crippen molar-refractivity contribution in [3.63, 3.8) is 0 Å². The van der Waals surface area contributed by atoms with Crippen LogP contribution < -0.4 is 0 Å². The van der Waals surface area contributed by atoms with Crippen molar-refractivity contribution >= 4 is 23.2 Å². The topological polar surface area (TPSA) is 26.0 Å². The van der Waals surface area contributed by atoms with E-state index in [0.29, 0.717) is 11.3 Å². The maximum Gasteiger partial charge on any atom is 0.172 e. The molecule has 78 valence electrons. The highest BCUT2D eigenvalue weighted by Crippen LogP contribution is 2.31. The van der Waals surface area contributed by atoms with Crippen molar-refractivity contribution in [3.8, 4) is 11.3 Å². The second-order valence-corrected chi connectivity index (χ2v) is 3.61. The number of nitrogens with zero attached hydrogens (tertiary/aromatic N) is 1. The predicted octanol–water partition coefficient (Wildman–Crippen LogP) is 3.87. The SMILES string of the molecule is Fc1ccc(-c2oncc2CCl)c(Cl)c1. The quantitative estimate of drug-likeness (QED) is 0.751. The fraction of sp³-hybridized carbons (Fsp3) is 0.100. The zero-order valence-electron chi connectivity index (χ0n) is 7.51. The molecule has 0 spiro atoms. The van der Waals surface area contributed by atoms with Crippen LogP contribution in [0.4, 0.5) is 4.39 Å². The van der Waals surface area contributed by atoms with Crippen molar-refractivity contribution in [2.24, 2.45) is 0 Å². The molecule has 1 aromatic carbocycles. The number of benzene rings is 1. The van der Waals surface area contributed by atoms with E-state index in [1.807, 2.05) is 0 Å². The highest BCUT2D eigenvalue weighted by molar-refractivity contribution is 6.33. The molecule has 2 nitrogen and oxygen atoms in total. The summed E-state index contributed by atoms with van der Waals surface area (Å²) >= 11 is 11.6. The lowest BCUT2D eigenvalue weighted by molar-refractivity contribution is 0.432. The summed E-state index contributed by atoms with van der Waals surface area (Å²) in [5.41, 5.74) is 1.32. The van der Waals surface area contributed by atoms with Crippen molar-refractivity contribution in [2.75, 3.05) is 0 Å². The minimum atomic E-state index is -0.393. The lowest BCUT2D eigenvalue weighted by atomic mass is 10.1. The van der Waals surface area contributed by atoms with Gasteiger partial charge in [-0.2, -0.15) is 0 Å². The lowest BCUT2D eigenvalue weighted by Crippen LogP contribution is -1.83. The van der Waals surface area contributed by atoms with Crippen LogP contribution in [0.2, 0.25) is 5.02 Å². The summed E-state index contributed by atoms with van der Waals surface area (Å²) in [7, 11) is 0. The number of rotatable bonds is 2. The average Bonchev–Trinajstić information content (AvgIpc) is 2.65. The molecule has 0 aliphatic carbocycles. The van der Waals surface area contributed by atoms with Gasteiger partial charge in [0.15, 0.2) is 5.76 Å². The van der Waals surface area contributed by atoms with Gasteiger partial charge in [-0.3, -0.25) is 0 Å². The van der Waals surface area contributed by atoms with Crippen LogP contribution in [0.15, 0.2) is 28.9 Å². The fourth-order valence-electron chi connectivity index (χ4n) is 1.25. The van der Waals surface area contributed by atoms with Crippen molar-refractivity contribution < 1.29 is 8.91 Å². The Hall–Kier alpha value is -1.06. The largest absolute Gasteiger partial charge is 0.356 e. The molecule has 2 rings (SSSR count). The van der Waals surface area contributed by atoms with Crippen molar-refractivity contribution in [2.45, 2.75) is 5.88 Å². The second kappa shape index (κ2) is 4.21. The molecule has 0 saturated heterocycles. The van der Waals surface area contributed by atoms with Gasteiger partial charge in [0.25, 0.3) is 0 Å². The molecule has 0 amide bonds. The molecule has 0 saturated carbocycles. The van der Waals surface area contributed by atoms with E-state index >= 15 is 0 Å². The van der Waals surface area contributed by atoms with Crippen LogP contribution in [0.1, 0.15) is 5.56 Å². The van der Waals surface area contributed by atoms with Gasteiger partial charge in [-0.1, -0.05) is 16.8 Å². The molecular weight excluding hydrogens is 240 g/mol. The molecule has 2 aromatic rings. The summed E-state index contributed by atoms with van der Waals surface area (Å²) in [6, 6.07) is 4.06. The van der Waals surface area contributed by atoms with Gasteiger partial charge in [0, 0.05) is 11.1 Å². The Morgan fingerprint density at radius 2 is 2.20 bits per heavy atom. The maximum absolute atomic E-state index is 12.8. The lowest BCUT2D eigenvalue weighted by Gasteiger charge is -2.01. The minimum Gasteiger partial charge on any atom is -0.356 e. The molecule has 0 atom stereocenters. The van der Waals surface area contributed by atoms with Crippen LogP contribution >= 0.6 is 23.2 Å². The first kappa shape index (κ1) is 10.5. The van der Waals surface area contributed by atoms with Gasteiger partial charge in [-0.05, 0) is 18.2 Å². The van der Waals surface area contributed by atoms with Gasteiger partial charge < -0.3 is 4.52 Å². The van der Waals surface area contributed by atoms with Gasteiger partial charge in [0.05, 0.1) is 17.1 Å². The van der Waals surface area contributed by atoms with E-state index in [9.17, 15) is 4.39 Å². The third kappa shape index (κ3) is 1.98. The second-order valence-electron chi connectivity index (χ2n) is 2.94. The molecule has 0 unspecified atom stereocenters. The average molecular weight is 246 g/mol. The summed E-state index contributed by atoms with van der Waals surface area (Å²) in [5, 5.41) is 3.90. The van der Waals surface area contributed by atoms with Gasteiger partial charge >= 0.3 is 0 Å². The summed E-state index contributed by atoms with van der Waals surface area (Å²) < 4.78 is 17.8. The van der Waals surface area contributed by atoms with E-state index in [1.54, 1.807) is 0 Å². The molecule has 5 heteroatoms. The first-order valence-corrected chi connectivity index (χ1v) is 5.08. The number of halogens is 3. The Balaban J connectivity index is 2.54. The first-order valence-electron chi connectivity index (χ1n) is 4.17. The molecule has 0 bridgehead atoms.